The lowest BCUT2D eigenvalue weighted by Crippen LogP contribution is -2.55. The highest BCUT2D eigenvalue weighted by Crippen LogP contribution is 2.29. The fourth-order valence-electron chi connectivity index (χ4n) is 3.43. The Morgan fingerprint density at radius 1 is 1.36 bits per heavy atom. The minimum atomic E-state index is -0.845. The number of rotatable bonds is 6. The summed E-state index contributed by atoms with van der Waals surface area (Å²) in [5, 5.41) is 5.47. The van der Waals surface area contributed by atoms with Gasteiger partial charge in [-0.1, -0.05) is 6.92 Å². The van der Waals surface area contributed by atoms with Gasteiger partial charge in [-0.2, -0.15) is 0 Å². The minimum absolute atomic E-state index is 0.229. The van der Waals surface area contributed by atoms with Gasteiger partial charge in [0.05, 0.1) is 12.8 Å². The molecule has 8 heteroatoms. The van der Waals surface area contributed by atoms with Crippen LogP contribution < -0.4 is 10.6 Å². The van der Waals surface area contributed by atoms with Gasteiger partial charge >= 0.3 is 6.03 Å². The Labute approximate surface area is 146 Å². The van der Waals surface area contributed by atoms with E-state index in [4.69, 9.17) is 4.42 Å². The first kappa shape index (κ1) is 17.5. The average molecular weight is 348 g/mol. The highest BCUT2D eigenvalue weighted by atomic mass is 16.3. The standard InChI is InChI=1S/C17H24N4O4/c1-2-7-20-8-5-17(6-9-20)15(23)21(16(24)19-17)12-14(22)18-11-13-4-3-10-25-13/h3-4,10H,2,5-9,11-12H2,1H3,(H,18,22)(H,19,24). The van der Waals surface area contributed by atoms with Crippen molar-refractivity contribution in [2.45, 2.75) is 38.3 Å². The molecule has 0 bridgehead atoms. The predicted octanol–water partition coefficient (Wildman–Crippen LogP) is 0.692. The molecular weight excluding hydrogens is 324 g/mol. The van der Waals surface area contributed by atoms with Gasteiger partial charge in [-0.05, 0) is 37.9 Å². The minimum Gasteiger partial charge on any atom is -0.467 e. The monoisotopic (exact) mass is 348 g/mol. The number of likely N-dealkylation sites (tertiary alicyclic amines) is 1. The molecule has 1 spiro atoms. The molecule has 3 heterocycles. The van der Waals surface area contributed by atoms with Crippen LogP contribution in [0.25, 0.3) is 0 Å². The number of nitrogens with zero attached hydrogens (tertiary/aromatic N) is 2. The van der Waals surface area contributed by atoms with Crippen molar-refractivity contribution in [1.82, 2.24) is 20.4 Å². The third-order valence-electron chi connectivity index (χ3n) is 4.84. The quantitative estimate of drug-likeness (QED) is 0.738. The second kappa shape index (κ2) is 7.26. The SMILES string of the molecule is CCCN1CCC2(CC1)NC(=O)N(CC(=O)NCc1ccco1)C2=O. The summed E-state index contributed by atoms with van der Waals surface area (Å²) in [5.41, 5.74) is -0.845. The smallest absolute Gasteiger partial charge is 0.325 e. The van der Waals surface area contributed by atoms with Crippen LogP contribution in [0.1, 0.15) is 31.9 Å². The number of carbonyl (C=O) groups is 3. The van der Waals surface area contributed by atoms with E-state index in [1.54, 1.807) is 12.1 Å². The molecule has 2 aliphatic rings. The van der Waals surface area contributed by atoms with E-state index in [1.165, 1.54) is 6.26 Å². The van der Waals surface area contributed by atoms with Crippen LogP contribution in [0.3, 0.4) is 0 Å². The van der Waals surface area contributed by atoms with Crippen molar-refractivity contribution >= 4 is 17.8 Å². The van der Waals surface area contributed by atoms with E-state index in [9.17, 15) is 14.4 Å². The third-order valence-corrected chi connectivity index (χ3v) is 4.84. The van der Waals surface area contributed by atoms with Gasteiger partial charge < -0.3 is 20.0 Å². The number of carbonyl (C=O) groups excluding carboxylic acids is 3. The second-order valence-electron chi connectivity index (χ2n) is 6.60. The van der Waals surface area contributed by atoms with Crippen molar-refractivity contribution in [3.63, 3.8) is 0 Å². The largest absolute Gasteiger partial charge is 0.467 e. The summed E-state index contributed by atoms with van der Waals surface area (Å²) in [4.78, 5) is 40.3. The molecule has 136 valence electrons. The van der Waals surface area contributed by atoms with Crippen LogP contribution in [0.15, 0.2) is 22.8 Å². The van der Waals surface area contributed by atoms with Crippen LogP contribution in [0.4, 0.5) is 4.79 Å². The second-order valence-corrected chi connectivity index (χ2v) is 6.60. The van der Waals surface area contributed by atoms with Crippen molar-refractivity contribution < 1.29 is 18.8 Å². The first-order valence-electron chi connectivity index (χ1n) is 8.69. The number of imide groups is 1. The number of amides is 4. The number of piperidine rings is 1. The first-order chi connectivity index (χ1) is 12.0. The van der Waals surface area contributed by atoms with Crippen molar-refractivity contribution in [3.8, 4) is 0 Å². The summed E-state index contributed by atoms with van der Waals surface area (Å²) in [5.74, 6) is -0.0625. The van der Waals surface area contributed by atoms with Gasteiger partial charge in [0, 0.05) is 13.1 Å². The number of hydrogen-bond donors (Lipinski definition) is 2. The third kappa shape index (κ3) is 3.68. The van der Waals surface area contributed by atoms with Crippen LogP contribution in [-0.4, -0.2) is 59.4 Å². The fraction of sp³-hybridized carbons (Fsp3) is 0.588. The highest BCUT2D eigenvalue weighted by Gasteiger charge is 2.52. The molecule has 25 heavy (non-hydrogen) atoms. The predicted molar refractivity (Wildman–Crippen MR) is 89.5 cm³/mol. The fourth-order valence-corrected chi connectivity index (χ4v) is 3.43. The van der Waals surface area contributed by atoms with Gasteiger partial charge in [-0.3, -0.25) is 14.5 Å². The number of hydrogen-bond acceptors (Lipinski definition) is 5. The van der Waals surface area contributed by atoms with E-state index in [0.717, 1.165) is 31.0 Å². The molecule has 0 radical (unpaired) electrons. The lowest BCUT2D eigenvalue weighted by molar-refractivity contribution is -0.136. The zero-order chi connectivity index (χ0) is 17.9. The molecule has 8 nitrogen and oxygen atoms in total. The summed E-state index contributed by atoms with van der Waals surface area (Å²) in [6.45, 7) is 4.63. The van der Waals surface area contributed by atoms with Gasteiger partial charge in [0.1, 0.15) is 17.8 Å². The van der Waals surface area contributed by atoms with Gasteiger partial charge in [0.15, 0.2) is 0 Å². The molecule has 0 aromatic carbocycles. The van der Waals surface area contributed by atoms with Crippen molar-refractivity contribution in [1.29, 1.82) is 0 Å². The Hall–Kier alpha value is -2.35. The Kier molecular flexibility index (Phi) is 5.08. The zero-order valence-electron chi connectivity index (χ0n) is 14.4. The van der Waals surface area contributed by atoms with Gasteiger partial charge in [0.2, 0.25) is 5.91 Å². The van der Waals surface area contributed by atoms with Crippen LogP contribution in [0.2, 0.25) is 0 Å². The van der Waals surface area contributed by atoms with Gasteiger partial charge in [-0.15, -0.1) is 0 Å². The molecular formula is C17H24N4O4. The number of furan rings is 1. The lowest BCUT2D eigenvalue weighted by atomic mass is 9.87. The molecule has 2 aliphatic heterocycles. The van der Waals surface area contributed by atoms with Crippen molar-refractivity contribution in [3.05, 3.63) is 24.2 Å². The number of urea groups is 1. The van der Waals surface area contributed by atoms with Crippen LogP contribution >= 0.6 is 0 Å². The first-order valence-corrected chi connectivity index (χ1v) is 8.69. The molecule has 0 atom stereocenters. The van der Waals surface area contributed by atoms with Crippen LogP contribution in [-0.2, 0) is 16.1 Å². The van der Waals surface area contributed by atoms with Gasteiger partial charge in [-0.25, -0.2) is 4.79 Å². The highest BCUT2D eigenvalue weighted by molar-refractivity contribution is 6.09. The van der Waals surface area contributed by atoms with E-state index >= 15 is 0 Å². The van der Waals surface area contributed by atoms with E-state index in [1.807, 2.05) is 0 Å². The average Bonchev–Trinajstić information content (AvgIpc) is 3.19. The zero-order valence-corrected chi connectivity index (χ0v) is 14.4. The molecule has 1 aromatic rings. The molecule has 0 unspecified atom stereocenters. The van der Waals surface area contributed by atoms with Crippen LogP contribution in [0, 0.1) is 0 Å². The molecule has 3 rings (SSSR count). The topological polar surface area (TPSA) is 94.9 Å². The maximum absolute atomic E-state index is 12.8. The molecule has 0 aliphatic carbocycles. The van der Waals surface area contributed by atoms with Crippen LogP contribution in [0.5, 0.6) is 0 Å². The maximum atomic E-state index is 12.8. The Morgan fingerprint density at radius 2 is 2.12 bits per heavy atom. The van der Waals surface area contributed by atoms with Gasteiger partial charge in [0.25, 0.3) is 5.91 Å². The Bertz CT molecular complexity index is 635. The number of nitrogens with one attached hydrogen (secondary N) is 2. The molecule has 4 amide bonds. The van der Waals surface area contributed by atoms with Crippen molar-refractivity contribution in [2.75, 3.05) is 26.2 Å². The summed E-state index contributed by atoms with van der Waals surface area (Å²) >= 11 is 0. The lowest BCUT2D eigenvalue weighted by Gasteiger charge is -2.37. The van der Waals surface area contributed by atoms with Crippen molar-refractivity contribution in [2.24, 2.45) is 0 Å². The normalized spacial score (nSPS) is 20.1. The van der Waals surface area contributed by atoms with E-state index in [-0.39, 0.29) is 24.9 Å². The molecule has 2 saturated heterocycles. The Morgan fingerprint density at radius 3 is 2.76 bits per heavy atom. The maximum Gasteiger partial charge on any atom is 0.325 e. The molecule has 0 saturated carbocycles. The Balaban J connectivity index is 1.55. The summed E-state index contributed by atoms with van der Waals surface area (Å²) in [7, 11) is 0. The molecule has 1 aromatic heterocycles. The van der Waals surface area contributed by atoms with E-state index in [0.29, 0.717) is 18.6 Å². The summed E-state index contributed by atoms with van der Waals surface area (Å²) in [6, 6.07) is 2.99. The van der Waals surface area contributed by atoms with E-state index in [2.05, 4.69) is 22.5 Å². The molecule has 2 fully saturated rings. The summed E-state index contributed by atoms with van der Waals surface area (Å²) in [6.07, 6.45) is 3.76. The van der Waals surface area contributed by atoms with E-state index < -0.39 is 11.6 Å². The summed E-state index contributed by atoms with van der Waals surface area (Å²) < 4.78 is 5.14. The molecule has 2 N–H and O–H groups in total.